The van der Waals surface area contributed by atoms with E-state index >= 15 is 0 Å². The third-order valence-corrected chi connectivity index (χ3v) is 3.38. The lowest BCUT2D eigenvalue weighted by Crippen LogP contribution is -2.42. The van der Waals surface area contributed by atoms with Crippen LogP contribution in [0.5, 0.6) is 0 Å². The van der Waals surface area contributed by atoms with Crippen molar-refractivity contribution < 1.29 is 0 Å². The fourth-order valence-electron chi connectivity index (χ4n) is 2.40. The molecule has 1 heterocycles. The summed E-state index contributed by atoms with van der Waals surface area (Å²) in [6, 6.07) is 2.67. The van der Waals surface area contributed by atoms with Gasteiger partial charge < -0.3 is 11.1 Å². The molecule has 1 aliphatic rings. The maximum absolute atomic E-state index is 6.12. The quantitative estimate of drug-likeness (QED) is 0.837. The van der Waals surface area contributed by atoms with Gasteiger partial charge in [-0.1, -0.05) is 26.2 Å². The Morgan fingerprint density at radius 2 is 2.18 bits per heavy atom. The van der Waals surface area contributed by atoms with Crippen LogP contribution in [0.25, 0.3) is 0 Å². The molecule has 1 aromatic heterocycles. The summed E-state index contributed by atoms with van der Waals surface area (Å²) >= 11 is 0. The van der Waals surface area contributed by atoms with Gasteiger partial charge in [-0.05, 0) is 19.3 Å². The molecule has 0 spiro atoms. The Kier molecular flexibility index (Phi) is 4.31. The van der Waals surface area contributed by atoms with Gasteiger partial charge in [-0.3, -0.25) is 0 Å². The first-order valence-electron chi connectivity index (χ1n) is 6.62. The number of aryl methyl sites for hydroxylation is 1. The summed E-state index contributed by atoms with van der Waals surface area (Å²) in [4.78, 5) is 8.53. The first-order valence-corrected chi connectivity index (χ1v) is 6.62. The van der Waals surface area contributed by atoms with Crippen molar-refractivity contribution in [2.24, 2.45) is 5.73 Å². The minimum atomic E-state index is 0.258. The SMILES string of the molecule is CCCc1cc(NC2CCCCC2N)ncn1. The molecule has 2 rings (SSSR count). The molecule has 1 saturated carbocycles. The summed E-state index contributed by atoms with van der Waals surface area (Å²) in [5, 5.41) is 3.45. The van der Waals surface area contributed by atoms with Gasteiger partial charge in [0.05, 0.1) is 0 Å². The summed E-state index contributed by atoms with van der Waals surface area (Å²) in [6.07, 6.45) is 8.54. The number of hydrogen-bond acceptors (Lipinski definition) is 4. The van der Waals surface area contributed by atoms with E-state index in [-0.39, 0.29) is 6.04 Å². The Hall–Kier alpha value is -1.16. The third-order valence-electron chi connectivity index (χ3n) is 3.38. The van der Waals surface area contributed by atoms with E-state index in [2.05, 4.69) is 22.2 Å². The van der Waals surface area contributed by atoms with Crippen LogP contribution in [0.2, 0.25) is 0 Å². The lowest BCUT2D eigenvalue weighted by atomic mass is 9.91. The number of nitrogens with one attached hydrogen (secondary N) is 1. The Morgan fingerprint density at radius 3 is 2.94 bits per heavy atom. The van der Waals surface area contributed by atoms with Gasteiger partial charge in [0.1, 0.15) is 12.1 Å². The molecule has 0 aromatic carbocycles. The lowest BCUT2D eigenvalue weighted by molar-refractivity contribution is 0.403. The van der Waals surface area contributed by atoms with E-state index in [0.29, 0.717) is 6.04 Å². The van der Waals surface area contributed by atoms with Crippen LogP contribution in [0.3, 0.4) is 0 Å². The normalized spacial score (nSPS) is 24.6. The molecule has 2 atom stereocenters. The van der Waals surface area contributed by atoms with Crippen LogP contribution < -0.4 is 11.1 Å². The molecule has 0 saturated heterocycles. The summed E-state index contributed by atoms with van der Waals surface area (Å²) in [6.45, 7) is 2.16. The minimum Gasteiger partial charge on any atom is -0.366 e. The molecular weight excluding hydrogens is 212 g/mol. The van der Waals surface area contributed by atoms with Gasteiger partial charge in [-0.2, -0.15) is 0 Å². The number of nitrogens with two attached hydrogens (primary N) is 1. The molecule has 94 valence electrons. The van der Waals surface area contributed by atoms with Gasteiger partial charge in [0.25, 0.3) is 0 Å². The van der Waals surface area contributed by atoms with Gasteiger partial charge in [0, 0.05) is 23.8 Å². The second-order valence-electron chi connectivity index (χ2n) is 4.84. The van der Waals surface area contributed by atoms with Crippen molar-refractivity contribution in [3.8, 4) is 0 Å². The van der Waals surface area contributed by atoms with Crippen molar-refractivity contribution in [2.75, 3.05) is 5.32 Å². The van der Waals surface area contributed by atoms with E-state index in [1.54, 1.807) is 6.33 Å². The minimum absolute atomic E-state index is 0.258. The van der Waals surface area contributed by atoms with Crippen LogP contribution in [0.1, 0.15) is 44.7 Å². The molecule has 4 heteroatoms. The number of nitrogens with zero attached hydrogens (tertiary/aromatic N) is 2. The average Bonchev–Trinajstić information content (AvgIpc) is 2.33. The second-order valence-corrected chi connectivity index (χ2v) is 4.84. The predicted molar refractivity (Wildman–Crippen MR) is 69.9 cm³/mol. The standard InChI is InChI=1S/C13H22N4/c1-2-5-10-8-13(16-9-15-10)17-12-7-4-3-6-11(12)14/h8-9,11-12H,2-7,14H2,1H3,(H,15,16,17). The summed E-state index contributed by atoms with van der Waals surface area (Å²) in [5.41, 5.74) is 7.22. The monoisotopic (exact) mass is 234 g/mol. The molecule has 0 radical (unpaired) electrons. The van der Waals surface area contributed by atoms with E-state index in [1.165, 1.54) is 12.8 Å². The maximum Gasteiger partial charge on any atom is 0.129 e. The van der Waals surface area contributed by atoms with E-state index in [0.717, 1.165) is 37.2 Å². The van der Waals surface area contributed by atoms with Crippen LogP contribution >= 0.6 is 0 Å². The second kappa shape index (κ2) is 5.96. The fourth-order valence-corrected chi connectivity index (χ4v) is 2.40. The highest BCUT2D eigenvalue weighted by atomic mass is 15.1. The van der Waals surface area contributed by atoms with E-state index in [4.69, 9.17) is 5.73 Å². The van der Waals surface area contributed by atoms with Gasteiger partial charge in [-0.25, -0.2) is 9.97 Å². The Bertz CT molecular complexity index is 353. The first kappa shape index (κ1) is 12.3. The summed E-state index contributed by atoms with van der Waals surface area (Å²) < 4.78 is 0. The highest BCUT2D eigenvalue weighted by Gasteiger charge is 2.21. The number of rotatable bonds is 4. The molecule has 17 heavy (non-hydrogen) atoms. The number of anilines is 1. The number of aromatic nitrogens is 2. The van der Waals surface area contributed by atoms with Gasteiger partial charge in [0.2, 0.25) is 0 Å². The molecule has 1 aromatic rings. The molecule has 1 aliphatic carbocycles. The average molecular weight is 234 g/mol. The van der Waals surface area contributed by atoms with Gasteiger partial charge >= 0.3 is 0 Å². The summed E-state index contributed by atoms with van der Waals surface area (Å²) in [5.74, 6) is 0.922. The molecule has 4 nitrogen and oxygen atoms in total. The maximum atomic E-state index is 6.12. The zero-order valence-corrected chi connectivity index (χ0v) is 10.5. The molecule has 1 fully saturated rings. The van der Waals surface area contributed by atoms with Gasteiger partial charge in [-0.15, -0.1) is 0 Å². The predicted octanol–water partition coefficient (Wildman–Crippen LogP) is 2.11. The highest BCUT2D eigenvalue weighted by molar-refractivity contribution is 5.36. The van der Waals surface area contributed by atoms with Crippen molar-refractivity contribution in [1.29, 1.82) is 0 Å². The van der Waals surface area contributed by atoms with Crippen molar-refractivity contribution in [3.63, 3.8) is 0 Å². The fraction of sp³-hybridized carbons (Fsp3) is 0.692. The van der Waals surface area contributed by atoms with Crippen molar-refractivity contribution >= 4 is 5.82 Å². The van der Waals surface area contributed by atoms with E-state index in [9.17, 15) is 0 Å². The molecule has 2 unspecified atom stereocenters. The van der Waals surface area contributed by atoms with E-state index in [1.807, 2.05) is 6.07 Å². The van der Waals surface area contributed by atoms with Crippen LogP contribution in [0, 0.1) is 0 Å². The van der Waals surface area contributed by atoms with Crippen molar-refractivity contribution in [3.05, 3.63) is 18.1 Å². The van der Waals surface area contributed by atoms with Crippen LogP contribution in [0.15, 0.2) is 12.4 Å². The van der Waals surface area contributed by atoms with E-state index < -0.39 is 0 Å². The third kappa shape index (κ3) is 3.40. The molecular formula is C13H22N4. The first-order chi connectivity index (χ1) is 8.29. The Morgan fingerprint density at radius 1 is 1.35 bits per heavy atom. The Balaban J connectivity index is 1.99. The highest BCUT2D eigenvalue weighted by Crippen LogP contribution is 2.20. The smallest absolute Gasteiger partial charge is 0.129 e. The van der Waals surface area contributed by atoms with Gasteiger partial charge in [0.15, 0.2) is 0 Å². The largest absolute Gasteiger partial charge is 0.366 e. The topological polar surface area (TPSA) is 63.8 Å². The van der Waals surface area contributed by atoms with Crippen LogP contribution in [0.4, 0.5) is 5.82 Å². The zero-order valence-electron chi connectivity index (χ0n) is 10.5. The molecule has 3 N–H and O–H groups in total. The van der Waals surface area contributed by atoms with Crippen molar-refractivity contribution in [1.82, 2.24) is 9.97 Å². The molecule has 0 aliphatic heterocycles. The van der Waals surface area contributed by atoms with Crippen LogP contribution in [-0.4, -0.2) is 22.1 Å². The molecule has 0 bridgehead atoms. The Labute approximate surface area is 103 Å². The lowest BCUT2D eigenvalue weighted by Gasteiger charge is -2.29. The zero-order chi connectivity index (χ0) is 12.1. The van der Waals surface area contributed by atoms with Crippen LogP contribution in [-0.2, 0) is 6.42 Å². The number of hydrogen-bond donors (Lipinski definition) is 2. The van der Waals surface area contributed by atoms with Crippen molar-refractivity contribution in [2.45, 2.75) is 57.5 Å². The summed E-state index contributed by atoms with van der Waals surface area (Å²) in [7, 11) is 0. The molecule has 0 amide bonds.